The summed E-state index contributed by atoms with van der Waals surface area (Å²) in [7, 11) is 0. The Balaban J connectivity index is 1.56. The number of hydrogen-bond acceptors (Lipinski definition) is 5. The van der Waals surface area contributed by atoms with Gasteiger partial charge in [-0.3, -0.25) is 9.59 Å². The standard InChI is InChI=1S/C21H19N3O4/c1-13-3-4-14(2)17(9-13)22-20(25)11-24-21(26)8-6-16(23-24)15-5-7-18-19(10-15)28-12-27-18/h3-10H,11-12H2,1-2H3,(H,22,25). The van der Waals surface area contributed by atoms with Gasteiger partial charge in [-0.1, -0.05) is 12.1 Å². The first-order valence-electron chi connectivity index (χ1n) is 8.85. The second-order valence-electron chi connectivity index (χ2n) is 6.65. The maximum Gasteiger partial charge on any atom is 0.267 e. The molecule has 7 nitrogen and oxygen atoms in total. The molecular weight excluding hydrogens is 358 g/mol. The van der Waals surface area contributed by atoms with Crippen LogP contribution in [0.2, 0.25) is 0 Å². The van der Waals surface area contributed by atoms with Crippen molar-refractivity contribution >= 4 is 11.6 Å². The minimum absolute atomic E-state index is 0.176. The van der Waals surface area contributed by atoms with Crippen molar-refractivity contribution in [2.75, 3.05) is 12.1 Å². The number of nitrogens with one attached hydrogen (secondary N) is 1. The Morgan fingerprint density at radius 3 is 2.75 bits per heavy atom. The number of ether oxygens (including phenoxy) is 2. The number of fused-ring (bicyclic) bond motifs is 1. The highest BCUT2D eigenvalue weighted by molar-refractivity contribution is 5.91. The Morgan fingerprint density at radius 1 is 1.07 bits per heavy atom. The lowest BCUT2D eigenvalue weighted by Gasteiger charge is -2.11. The van der Waals surface area contributed by atoms with Gasteiger partial charge in [0.05, 0.1) is 5.69 Å². The van der Waals surface area contributed by atoms with Crippen molar-refractivity contribution in [2.24, 2.45) is 0 Å². The van der Waals surface area contributed by atoms with E-state index in [1.807, 2.05) is 38.1 Å². The van der Waals surface area contributed by atoms with Crippen LogP contribution >= 0.6 is 0 Å². The van der Waals surface area contributed by atoms with Gasteiger partial charge in [0.2, 0.25) is 12.7 Å². The highest BCUT2D eigenvalue weighted by Crippen LogP contribution is 2.35. The zero-order valence-electron chi connectivity index (χ0n) is 15.6. The van der Waals surface area contributed by atoms with Crippen LogP contribution in [0.1, 0.15) is 11.1 Å². The molecule has 4 rings (SSSR count). The number of nitrogens with zero attached hydrogens (tertiary/aromatic N) is 2. The molecule has 1 aliphatic rings. The van der Waals surface area contributed by atoms with Gasteiger partial charge in [-0.2, -0.15) is 5.10 Å². The van der Waals surface area contributed by atoms with Crippen LogP contribution in [0.25, 0.3) is 11.3 Å². The minimum Gasteiger partial charge on any atom is -0.454 e. The number of anilines is 1. The molecule has 0 fully saturated rings. The molecule has 3 aromatic rings. The predicted octanol–water partition coefficient (Wildman–Crippen LogP) is 2.89. The fraction of sp³-hybridized carbons (Fsp3) is 0.190. The molecule has 2 heterocycles. The smallest absolute Gasteiger partial charge is 0.267 e. The fourth-order valence-electron chi connectivity index (χ4n) is 2.97. The predicted molar refractivity (Wildman–Crippen MR) is 105 cm³/mol. The third-order valence-corrected chi connectivity index (χ3v) is 4.50. The minimum atomic E-state index is -0.347. The van der Waals surface area contributed by atoms with Crippen molar-refractivity contribution in [2.45, 2.75) is 20.4 Å². The van der Waals surface area contributed by atoms with Gasteiger partial charge in [0.1, 0.15) is 6.54 Å². The summed E-state index contributed by atoms with van der Waals surface area (Å²) in [6, 6.07) is 14.3. The van der Waals surface area contributed by atoms with Gasteiger partial charge in [-0.05, 0) is 55.3 Å². The molecule has 0 saturated carbocycles. The Kier molecular flexibility index (Phi) is 4.57. The zero-order valence-corrected chi connectivity index (χ0v) is 15.6. The molecule has 1 N–H and O–H groups in total. The molecule has 142 valence electrons. The molecule has 0 spiro atoms. The highest BCUT2D eigenvalue weighted by Gasteiger charge is 2.15. The lowest BCUT2D eigenvalue weighted by atomic mass is 10.1. The van der Waals surface area contributed by atoms with Gasteiger partial charge in [0.15, 0.2) is 11.5 Å². The molecule has 0 unspecified atom stereocenters. The van der Waals surface area contributed by atoms with Crippen molar-refractivity contribution in [3.8, 4) is 22.8 Å². The van der Waals surface area contributed by atoms with E-state index in [0.29, 0.717) is 17.2 Å². The highest BCUT2D eigenvalue weighted by atomic mass is 16.7. The molecule has 0 saturated heterocycles. The summed E-state index contributed by atoms with van der Waals surface area (Å²) < 4.78 is 11.8. The van der Waals surface area contributed by atoms with E-state index in [-0.39, 0.29) is 24.8 Å². The normalized spacial score (nSPS) is 12.1. The van der Waals surface area contributed by atoms with E-state index in [4.69, 9.17) is 9.47 Å². The Hall–Kier alpha value is -3.61. The lowest BCUT2D eigenvalue weighted by molar-refractivity contribution is -0.117. The van der Waals surface area contributed by atoms with Crippen LogP contribution in [0.15, 0.2) is 53.3 Å². The summed E-state index contributed by atoms with van der Waals surface area (Å²) >= 11 is 0. The number of aryl methyl sites for hydroxylation is 2. The molecule has 0 aliphatic carbocycles. The molecule has 28 heavy (non-hydrogen) atoms. The quantitative estimate of drug-likeness (QED) is 0.756. The van der Waals surface area contributed by atoms with E-state index < -0.39 is 0 Å². The number of benzene rings is 2. The Morgan fingerprint density at radius 2 is 1.89 bits per heavy atom. The van der Waals surface area contributed by atoms with Crippen molar-refractivity contribution in [3.05, 3.63) is 70.0 Å². The van der Waals surface area contributed by atoms with Gasteiger partial charge in [0, 0.05) is 17.3 Å². The van der Waals surface area contributed by atoms with Crippen LogP contribution in [0.3, 0.4) is 0 Å². The Bertz CT molecular complexity index is 1120. The van der Waals surface area contributed by atoms with Crippen LogP contribution in [0.5, 0.6) is 11.5 Å². The van der Waals surface area contributed by atoms with Gasteiger partial charge in [-0.25, -0.2) is 4.68 Å². The van der Waals surface area contributed by atoms with Crippen LogP contribution in [0.4, 0.5) is 5.69 Å². The van der Waals surface area contributed by atoms with Crippen LogP contribution in [-0.4, -0.2) is 22.5 Å². The van der Waals surface area contributed by atoms with Gasteiger partial charge in [-0.15, -0.1) is 0 Å². The molecule has 7 heteroatoms. The summed E-state index contributed by atoms with van der Waals surface area (Å²) in [5.41, 5.74) is 3.71. The second kappa shape index (κ2) is 7.19. The molecule has 1 amide bonds. The summed E-state index contributed by atoms with van der Waals surface area (Å²) in [5, 5.41) is 7.18. The molecule has 0 atom stereocenters. The third kappa shape index (κ3) is 3.59. The number of amides is 1. The summed E-state index contributed by atoms with van der Waals surface area (Å²) in [4.78, 5) is 24.6. The summed E-state index contributed by atoms with van der Waals surface area (Å²) in [6.07, 6.45) is 0. The maximum absolute atomic E-state index is 12.5. The molecule has 1 aromatic heterocycles. The molecule has 1 aliphatic heterocycles. The van der Waals surface area contributed by atoms with Crippen LogP contribution in [0, 0.1) is 13.8 Å². The summed E-state index contributed by atoms with van der Waals surface area (Å²) in [6.45, 7) is 3.88. The van der Waals surface area contributed by atoms with Gasteiger partial charge < -0.3 is 14.8 Å². The van der Waals surface area contributed by atoms with E-state index >= 15 is 0 Å². The molecule has 2 aromatic carbocycles. The van der Waals surface area contributed by atoms with Gasteiger partial charge >= 0.3 is 0 Å². The number of carbonyl (C=O) groups is 1. The summed E-state index contributed by atoms with van der Waals surface area (Å²) in [5.74, 6) is 0.987. The number of carbonyl (C=O) groups excluding carboxylic acids is 1. The molecule has 0 radical (unpaired) electrons. The number of rotatable bonds is 4. The SMILES string of the molecule is Cc1ccc(C)c(NC(=O)Cn2nc(-c3ccc4c(c3)OCO4)ccc2=O)c1. The maximum atomic E-state index is 12.5. The molecular formula is C21H19N3O4. The molecule has 0 bridgehead atoms. The first-order chi connectivity index (χ1) is 13.5. The van der Waals surface area contributed by atoms with E-state index in [1.54, 1.807) is 18.2 Å². The second-order valence-corrected chi connectivity index (χ2v) is 6.65. The van der Waals surface area contributed by atoms with E-state index in [9.17, 15) is 9.59 Å². The Labute approximate surface area is 161 Å². The van der Waals surface area contributed by atoms with Crippen molar-refractivity contribution in [1.29, 1.82) is 0 Å². The number of aromatic nitrogens is 2. The lowest BCUT2D eigenvalue weighted by Crippen LogP contribution is -2.29. The largest absolute Gasteiger partial charge is 0.454 e. The van der Waals surface area contributed by atoms with Crippen molar-refractivity contribution < 1.29 is 14.3 Å². The fourth-order valence-corrected chi connectivity index (χ4v) is 2.97. The van der Waals surface area contributed by atoms with E-state index in [2.05, 4.69) is 10.4 Å². The number of hydrogen-bond donors (Lipinski definition) is 1. The van der Waals surface area contributed by atoms with Crippen molar-refractivity contribution in [1.82, 2.24) is 9.78 Å². The van der Waals surface area contributed by atoms with E-state index in [0.717, 1.165) is 27.1 Å². The third-order valence-electron chi connectivity index (χ3n) is 4.50. The van der Waals surface area contributed by atoms with Crippen LogP contribution < -0.4 is 20.3 Å². The average molecular weight is 377 g/mol. The zero-order chi connectivity index (χ0) is 19.7. The van der Waals surface area contributed by atoms with Crippen LogP contribution in [-0.2, 0) is 11.3 Å². The topological polar surface area (TPSA) is 82.5 Å². The van der Waals surface area contributed by atoms with E-state index in [1.165, 1.54) is 6.07 Å². The average Bonchev–Trinajstić information content (AvgIpc) is 3.14. The first kappa shape index (κ1) is 17.8. The van der Waals surface area contributed by atoms with Gasteiger partial charge in [0.25, 0.3) is 5.56 Å². The van der Waals surface area contributed by atoms with Crippen molar-refractivity contribution in [3.63, 3.8) is 0 Å². The monoisotopic (exact) mass is 377 g/mol. The first-order valence-corrected chi connectivity index (χ1v) is 8.85.